The molecule has 0 saturated heterocycles. The minimum atomic E-state index is -0.837. The maximum absolute atomic E-state index is 12.1. The van der Waals surface area contributed by atoms with Crippen LogP contribution in [0.15, 0.2) is 18.2 Å². The molecule has 0 bridgehead atoms. The van der Waals surface area contributed by atoms with E-state index < -0.39 is 11.4 Å². The van der Waals surface area contributed by atoms with Gasteiger partial charge in [0.15, 0.2) is 0 Å². The van der Waals surface area contributed by atoms with Gasteiger partial charge in [0, 0.05) is 12.5 Å². The predicted molar refractivity (Wildman–Crippen MR) is 85.8 cm³/mol. The molecule has 120 valence electrons. The zero-order valence-electron chi connectivity index (χ0n) is 13.6. The SMILES string of the molecule is Cc1cc(C)cc(CC(C)NC(=O)CC2(C(=O)O)CCC2)c1. The van der Waals surface area contributed by atoms with Gasteiger partial charge < -0.3 is 10.4 Å². The Morgan fingerprint density at radius 1 is 1.23 bits per heavy atom. The van der Waals surface area contributed by atoms with Crippen molar-refractivity contribution in [3.8, 4) is 0 Å². The maximum Gasteiger partial charge on any atom is 0.310 e. The number of hydrogen-bond acceptors (Lipinski definition) is 2. The van der Waals surface area contributed by atoms with Crippen LogP contribution in [0.5, 0.6) is 0 Å². The molecule has 2 rings (SSSR count). The molecular weight excluding hydrogens is 278 g/mol. The monoisotopic (exact) mass is 303 g/mol. The first kappa shape index (κ1) is 16.5. The maximum atomic E-state index is 12.1. The lowest BCUT2D eigenvalue weighted by Gasteiger charge is -2.37. The van der Waals surface area contributed by atoms with Crippen LogP contribution in [0.1, 0.15) is 49.3 Å². The van der Waals surface area contributed by atoms with Crippen LogP contribution < -0.4 is 5.32 Å². The van der Waals surface area contributed by atoms with E-state index in [4.69, 9.17) is 0 Å². The standard InChI is InChI=1S/C18H25NO3/c1-12-7-13(2)9-15(8-12)10-14(3)19-16(20)11-18(17(21)22)5-4-6-18/h7-9,14H,4-6,10-11H2,1-3H3,(H,19,20)(H,21,22). The number of rotatable bonds is 6. The number of aliphatic carboxylic acids is 1. The van der Waals surface area contributed by atoms with Crippen molar-refractivity contribution in [2.75, 3.05) is 0 Å². The van der Waals surface area contributed by atoms with Crippen LogP contribution in [0.4, 0.5) is 0 Å². The summed E-state index contributed by atoms with van der Waals surface area (Å²) in [6, 6.07) is 6.38. The van der Waals surface area contributed by atoms with Crippen molar-refractivity contribution in [2.45, 2.75) is 58.9 Å². The van der Waals surface area contributed by atoms with Crippen molar-refractivity contribution < 1.29 is 14.7 Å². The van der Waals surface area contributed by atoms with Crippen LogP contribution in [-0.2, 0) is 16.0 Å². The van der Waals surface area contributed by atoms with E-state index in [1.807, 2.05) is 6.92 Å². The molecule has 1 fully saturated rings. The van der Waals surface area contributed by atoms with Crippen molar-refractivity contribution in [3.63, 3.8) is 0 Å². The highest BCUT2D eigenvalue weighted by molar-refractivity contribution is 5.85. The summed E-state index contributed by atoms with van der Waals surface area (Å²) in [7, 11) is 0. The minimum Gasteiger partial charge on any atom is -0.481 e. The number of hydrogen-bond donors (Lipinski definition) is 2. The molecule has 0 radical (unpaired) electrons. The summed E-state index contributed by atoms with van der Waals surface area (Å²) in [6.07, 6.45) is 2.98. The molecule has 1 atom stereocenters. The quantitative estimate of drug-likeness (QED) is 0.849. The molecule has 0 spiro atoms. The second kappa shape index (κ2) is 6.51. The van der Waals surface area contributed by atoms with E-state index in [9.17, 15) is 14.7 Å². The highest BCUT2D eigenvalue weighted by Crippen LogP contribution is 2.44. The number of carbonyl (C=O) groups is 2. The molecule has 4 heteroatoms. The van der Waals surface area contributed by atoms with Crippen LogP contribution in [0.3, 0.4) is 0 Å². The Balaban J connectivity index is 1.90. The molecule has 1 aromatic carbocycles. The van der Waals surface area contributed by atoms with Gasteiger partial charge in [0.05, 0.1) is 5.41 Å². The largest absolute Gasteiger partial charge is 0.481 e. The summed E-state index contributed by atoms with van der Waals surface area (Å²) in [5.74, 6) is -0.991. The normalized spacial score (nSPS) is 17.4. The van der Waals surface area contributed by atoms with Crippen LogP contribution in [0.25, 0.3) is 0 Å². The third-order valence-corrected chi connectivity index (χ3v) is 4.49. The van der Waals surface area contributed by atoms with Crippen LogP contribution in [0, 0.1) is 19.3 Å². The molecule has 1 aromatic rings. The fourth-order valence-electron chi connectivity index (χ4n) is 3.29. The lowest BCUT2D eigenvalue weighted by Crippen LogP contribution is -2.44. The summed E-state index contributed by atoms with van der Waals surface area (Å²) in [5, 5.41) is 12.2. The summed E-state index contributed by atoms with van der Waals surface area (Å²) in [4.78, 5) is 23.4. The lowest BCUT2D eigenvalue weighted by atomic mass is 9.66. The molecular formula is C18H25NO3. The number of carbonyl (C=O) groups excluding carboxylic acids is 1. The average molecular weight is 303 g/mol. The summed E-state index contributed by atoms with van der Waals surface area (Å²) < 4.78 is 0. The molecule has 0 heterocycles. The Hall–Kier alpha value is -1.84. The Labute approximate surface area is 131 Å². The average Bonchev–Trinajstić information content (AvgIpc) is 2.31. The van der Waals surface area contributed by atoms with Crippen molar-refractivity contribution in [2.24, 2.45) is 5.41 Å². The summed E-state index contributed by atoms with van der Waals surface area (Å²) in [6.45, 7) is 6.09. The van der Waals surface area contributed by atoms with Gasteiger partial charge in [-0.05, 0) is 45.6 Å². The predicted octanol–water partition coefficient (Wildman–Crippen LogP) is 3.00. The van der Waals surface area contributed by atoms with E-state index in [2.05, 4.69) is 37.4 Å². The van der Waals surface area contributed by atoms with E-state index in [0.29, 0.717) is 12.8 Å². The van der Waals surface area contributed by atoms with E-state index in [0.717, 1.165) is 12.8 Å². The first-order valence-corrected chi connectivity index (χ1v) is 7.91. The zero-order valence-corrected chi connectivity index (χ0v) is 13.6. The Morgan fingerprint density at radius 2 is 1.82 bits per heavy atom. The molecule has 1 saturated carbocycles. The van der Waals surface area contributed by atoms with E-state index >= 15 is 0 Å². The van der Waals surface area contributed by atoms with Gasteiger partial charge >= 0.3 is 5.97 Å². The van der Waals surface area contributed by atoms with Crippen molar-refractivity contribution in [1.82, 2.24) is 5.32 Å². The fourth-order valence-corrected chi connectivity index (χ4v) is 3.29. The second-order valence-electron chi connectivity index (χ2n) is 6.78. The molecule has 0 aliphatic heterocycles. The minimum absolute atomic E-state index is 0.000351. The van der Waals surface area contributed by atoms with Crippen LogP contribution in [0.2, 0.25) is 0 Å². The van der Waals surface area contributed by atoms with Crippen molar-refractivity contribution in [1.29, 1.82) is 0 Å². The third kappa shape index (κ3) is 3.87. The molecule has 1 aliphatic carbocycles. The number of nitrogens with one attached hydrogen (secondary N) is 1. The van der Waals surface area contributed by atoms with Gasteiger partial charge in [0.1, 0.15) is 0 Å². The number of amides is 1. The molecule has 1 amide bonds. The van der Waals surface area contributed by atoms with Gasteiger partial charge in [0.2, 0.25) is 5.91 Å². The summed E-state index contributed by atoms with van der Waals surface area (Å²) >= 11 is 0. The Bertz CT molecular complexity index is 555. The molecule has 0 aromatic heterocycles. The van der Waals surface area contributed by atoms with Crippen LogP contribution in [-0.4, -0.2) is 23.0 Å². The highest BCUT2D eigenvalue weighted by Gasteiger charge is 2.45. The molecule has 1 unspecified atom stereocenters. The van der Waals surface area contributed by atoms with Crippen LogP contribution >= 0.6 is 0 Å². The number of aryl methyl sites for hydroxylation is 2. The van der Waals surface area contributed by atoms with Crippen molar-refractivity contribution >= 4 is 11.9 Å². The van der Waals surface area contributed by atoms with E-state index in [1.165, 1.54) is 16.7 Å². The highest BCUT2D eigenvalue weighted by atomic mass is 16.4. The first-order chi connectivity index (χ1) is 10.3. The van der Waals surface area contributed by atoms with E-state index in [-0.39, 0.29) is 18.4 Å². The number of benzene rings is 1. The number of carboxylic acid groups (broad SMARTS) is 1. The van der Waals surface area contributed by atoms with E-state index in [1.54, 1.807) is 0 Å². The first-order valence-electron chi connectivity index (χ1n) is 7.91. The van der Waals surface area contributed by atoms with Crippen molar-refractivity contribution in [3.05, 3.63) is 34.9 Å². The second-order valence-corrected chi connectivity index (χ2v) is 6.78. The fraction of sp³-hybridized carbons (Fsp3) is 0.556. The lowest BCUT2D eigenvalue weighted by molar-refractivity contribution is -0.157. The molecule has 4 nitrogen and oxygen atoms in total. The Morgan fingerprint density at radius 3 is 2.27 bits per heavy atom. The van der Waals surface area contributed by atoms with Gasteiger partial charge in [-0.25, -0.2) is 0 Å². The van der Waals surface area contributed by atoms with Gasteiger partial charge in [-0.1, -0.05) is 35.7 Å². The van der Waals surface area contributed by atoms with Gasteiger partial charge in [-0.3, -0.25) is 9.59 Å². The van der Waals surface area contributed by atoms with Gasteiger partial charge in [-0.2, -0.15) is 0 Å². The van der Waals surface area contributed by atoms with Gasteiger partial charge in [-0.15, -0.1) is 0 Å². The van der Waals surface area contributed by atoms with Gasteiger partial charge in [0.25, 0.3) is 0 Å². The zero-order chi connectivity index (χ0) is 16.3. The summed E-state index contributed by atoms with van der Waals surface area (Å²) in [5.41, 5.74) is 2.81. The Kier molecular flexibility index (Phi) is 4.89. The number of carboxylic acids is 1. The third-order valence-electron chi connectivity index (χ3n) is 4.49. The molecule has 1 aliphatic rings. The smallest absolute Gasteiger partial charge is 0.310 e. The molecule has 2 N–H and O–H groups in total. The topological polar surface area (TPSA) is 66.4 Å². The molecule has 22 heavy (non-hydrogen) atoms.